The SMILES string of the molecule is O=C(Nc1cc(Br)cc(Br)c1)Nc1c(O)c2ccccc2[nH]c(=O)c1=O. The van der Waals surface area contributed by atoms with Crippen LogP contribution in [-0.2, 0) is 0 Å². The Labute approximate surface area is 163 Å². The summed E-state index contributed by atoms with van der Waals surface area (Å²) >= 11 is 6.60. The first-order valence-corrected chi connectivity index (χ1v) is 8.86. The predicted molar refractivity (Wildman–Crippen MR) is 107 cm³/mol. The van der Waals surface area contributed by atoms with Crippen molar-refractivity contribution < 1.29 is 9.90 Å². The minimum Gasteiger partial charge on any atom is -0.505 e. The second kappa shape index (κ2) is 7.30. The molecule has 0 aliphatic rings. The van der Waals surface area contributed by atoms with Gasteiger partial charge in [-0.2, -0.15) is 0 Å². The molecule has 9 heteroatoms. The molecule has 2 aromatic carbocycles. The number of hydrogen-bond donors (Lipinski definition) is 4. The number of amides is 2. The number of rotatable bonds is 2. The molecule has 0 fully saturated rings. The molecule has 0 aliphatic carbocycles. The zero-order valence-electron chi connectivity index (χ0n) is 13.0. The van der Waals surface area contributed by atoms with Gasteiger partial charge in [-0.25, -0.2) is 4.79 Å². The van der Waals surface area contributed by atoms with Crippen molar-refractivity contribution in [2.75, 3.05) is 10.6 Å². The zero-order chi connectivity index (χ0) is 18.8. The Kier molecular flexibility index (Phi) is 5.10. The highest BCUT2D eigenvalue weighted by Gasteiger charge is 2.15. The van der Waals surface area contributed by atoms with Gasteiger partial charge in [-0.1, -0.05) is 44.0 Å². The van der Waals surface area contributed by atoms with Crippen molar-refractivity contribution in [2.45, 2.75) is 0 Å². The first kappa shape index (κ1) is 18.2. The van der Waals surface area contributed by atoms with E-state index in [1.54, 1.807) is 36.4 Å². The van der Waals surface area contributed by atoms with Gasteiger partial charge in [0.05, 0.1) is 5.52 Å². The lowest BCUT2D eigenvalue weighted by Gasteiger charge is -2.08. The van der Waals surface area contributed by atoms with Crippen LogP contribution in [0.5, 0.6) is 5.75 Å². The van der Waals surface area contributed by atoms with Gasteiger partial charge >= 0.3 is 6.03 Å². The van der Waals surface area contributed by atoms with Gasteiger partial charge in [-0.3, -0.25) is 9.59 Å². The van der Waals surface area contributed by atoms with Gasteiger partial charge in [-0.15, -0.1) is 0 Å². The Hall–Kier alpha value is -2.65. The van der Waals surface area contributed by atoms with Gasteiger partial charge in [0.25, 0.3) is 11.0 Å². The van der Waals surface area contributed by atoms with Crippen molar-refractivity contribution in [2.24, 2.45) is 0 Å². The highest BCUT2D eigenvalue weighted by Crippen LogP contribution is 2.27. The highest BCUT2D eigenvalue weighted by atomic mass is 79.9. The van der Waals surface area contributed by atoms with Gasteiger partial charge in [-0.05, 0) is 30.3 Å². The molecule has 1 aromatic heterocycles. The van der Waals surface area contributed by atoms with Gasteiger partial charge in [0.1, 0.15) is 5.69 Å². The number of aromatic amines is 1. The van der Waals surface area contributed by atoms with Crippen LogP contribution in [0, 0.1) is 0 Å². The van der Waals surface area contributed by atoms with E-state index in [1.165, 1.54) is 6.07 Å². The van der Waals surface area contributed by atoms with E-state index in [0.29, 0.717) is 5.69 Å². The third-order valence-electron chi connectivity index (χ3n) is 3.46. The number of H-pyrrole nitrogens is 1. The second-order valence-corrected chi connectivity index (χ2v) is 7.12. The van der Waals surface area contributed by atoms with E-state index in [9.17, 15) is 19.5 Å². The first-order chi connectivity index (χ1) is 12.3. The summed E-state index contributed by atoms with van der Waals surface area (Å²) in [6.45, 7) is 0. The minimum atomic E-state index is -1.05. The van der Waals surface area contributed by atoms with Crippen LogP contribution in [0.25, 0.3) is 10.9 Å². The summed E-state index contributed by atoms with van der Waals surface area (Å²) in [6, 6.07) is 10.6. The third-order valence-corrected chi connectivity index (χ3v) is 4.38. The van der Waals surface area contributed by atoms with Crippen LogP contribution in [0.3, 0.4) is 0 Å². The number of aromatic nitrogens is 1. The number of para-hydroxylation sites is 1. The van der Waals surface area contributed by atoms with E-state index in [2.05, 4.69) is 47.5 Å². The zero-order valence-corrected chi connectivity index (χ0v) is 16.1. The molecule has 0 radical (unpaired) electrons. The van der Waals surface area contributed by atoms with E-state index in [-0.39, 0.29) is 10.9 Å². The summed E-state index contributed by atoms with van der Waals surface area (Å²) in [5.41, 5.74) is -1.79. The molecular weight excluding hydrogens is 470 g/mol. The van der Waals surface area contributed by atoms with Crippen molar-refractivity contribution in [1.29, 1.82) is 0 Å². The number of fused-ring (bicyclic) bond motifs is 1. The number of nitrogens with one attached hydrogen (secondary N) is 3. The van der Waals surface area contributed by atoms with Gasteiger partial charge in [0.15, 0.2) is 5.75 Å². The van der Waals surface area contributed by atoms with E-state index >= 15 is 0 Å². The normalized spacial score (nSPS) is 10.5. The molecule has 0 spiro atoms. The molecule has 0 bridgehead atoms. The molecule has 26 heavy (non-hydrogen) atoms. The lowest BCUT2D eigenvalue weighted by Crippen LogP contribution is -2.30. The lowest BCUT2D eigenvalue weighted by molar-refractivity contribution is 0.262. The van der Waals surface area contributed by atoms with Crippen LogP contribution in [0.4, 0.5) is 16.2 Å². The Morgan fingerprint density at radius 3 is 2.35 bits per heavy atom. The molecule has 2 amide bonds. The van der Waals surface area contributed by atoms with Crippen LogP contribution >= 0.6 is 31.9 Å². The third kappa shape index (κ3) is 3.78. The van der Waals surface area contributed by atoms with Crippen molar-refractivity contribution in [3.8, 4) is 5.75 Å². The predicted octanol–water partition coefficient (Wildman–Crippen LogP) is 3.76. The summed E-state index contributed by atoms with van der Waals surface area (Å²) in [5.74, 6) is -0.491. The topological polar surface area (TPSA) is 111 Å². The van der Waals surface area contributed by atoms with Gasteiger partial charge in [0, 0.05) is 20.0 Å². The molecular formula is C17H11Br2N3O4. The number of carbonyl (C=O) groups is 1. The first-order valence-electron chi connectivity index (χ1n) is 7.27. The number of aromatic hydroxyl groups is 1. The molecule has 3 aromatic rings. The Morgan fingerprint density at radius 2 is 1.65 bits per heavy atom. The molecule has 0 aliphatic heterocycles. The van der Waals surface area contributed by atoms with Crippen molar-refractivity contribution >= 4 is 60.2 Å². The monoisotopic (exact) mass is 479 g/mol. The molecule has 3 rings (SSSR count). The standard InChI is InChI=1S/C17H11Br2N3O4/c18-8-5-9(19)7-10(6-8)20-17(26)22-13-14(23)11-3-1-2-4-12(11)21-16(25)15(13)24/h1-7H,(H4,20,21,22,23,24,25,26). The molecule has 7 nitrogen and oxygen atoms in total. The molecule has 0 atom stereocenters. The fourth-order valence-corrected chi connectivity index (χ4v) is 3.64. The minimum absolute atomic E-state index is 0.229. The number of carbonyl (C=O) groups excluding carboxylic acids is 1. The number of anilines is 2. The van der Waals surface area contributed by atoms with E-state index in [1.807, 2.05) is 0 Å². The van der Waals surface area contributed by atoms with Crippen LogP contribution in [0.15, 0.2) is 61.0 Å². The number of hydrogen-bond acceptors (Lipinski definition) is 4. The molecule has 132 valence electrons. The molecule has 0 saturated carbocycles. The summed E-state index contributed by atoms with van der Waals surface area (Å²) in [5, 5.41) is 15.4. The molecule has 1 heterocycles. The quantitative estimate of drug-likeness (QED) is 0.418. The van der Waals surface area contributed by atoms with Crippen molar-refractivity contribution in [3.05, 3.63) is 72.0 Å². The molecule has 0 unspecified atom stereocenters. The number of halogens is 2. The van der Waals surface area contributed by atoms with E-state index in [0.717, 1.165) is 8.95 Å². The summed E-state index contributed by atoms with van der Waals surface area (Å²) < 4.78 is 1.45. The maximum atomic E-state index is 12.2. The average molecular weight is 481 g/mol. The largest absolute Gasteiger partial charge is 0.505 e. The van der Waals surface area contributed by atoms with Crippen LogP contribution in [-0.4, -0.2) is 16.1 Å². The van der Waals surface area contributed by atoms with Crippen LogP contribution in [0.1, 0.15) is 0 Å². The summed E-state index contributed by atoms with van der Waals surface area (Å²) in [7, 11) is 0. The summed E-state index contributed by atoms with van der Waals surface area (Å²) in [6.07, 6.45) is 0. The Balaban J connectivity index is 2.02. The van der Waals surface area contributed by atoms with Crippen molar-refractivity contribution in [3.63, 3.8) is 0 Å². The molecule has 0 saturated heterocycles. The molecule has 4 N–H and O–H groups in total. The number of urea groups is 1. The van der Waals surface area contributed by atoms with Crippen LogP contribution in [0.2, 0.25) is 0 Å². The fraction of sp³-hybridized carbons (Fsp3) is 0. The summed E-state index contributed by atoms with van der Waals surface area (Å²) in [4.78, 5) is 38.8. The van der Waals surface area contributed by atoms with Gasteiger partial charge < -0.3 is 20.7 Å². The maximum absolute atomic E-state index is 12.2. The van der Waals surface area contributed by atoms with Gasteiger partial charge in [0.2, 0.25) is 0 Å². The highest BCUT2D eigenvalue weighted by molar-refractivity contribution is 9.11. The van der Waals surface area contributed by atoms with Crippen LogP contribution < -0.4 is 21.6 Å². The Morgan fingerprint density at radius 1 is 1.00 bits per heavy atom. The lowest BCUT2D eigenvalue weighted by atomic mass is 10.2. The Bertz CT molecular complexity index is 1120. The van der Waals surface area contributed by atoms with E-state index < -0.39 is 28.5 Å². The second-order valence-electron chi connectivity index (χ2n) is 5.29. The average Bonchev–Trinajstić information content (AvgIpc) is 2.65. The maximum Gasteiger partial charge on any atom is 0.323 e. The van der Waals surface area contributed by atoms with Crippen molar-refractivity contribution in [1.82, 2.24) is 4.98 Å². The van der Waals surface area contributed by atoms with E-state index in [4.69, 9.17) is 0 Å². The fourth-order valence-electron chi connectivity index (χ4n) is 2.35. The smallest absolute Gasteiger partial charge is 0.323 e. The number of benzene rings is 2.